The van der Waals surface area contributed by atoms with Crippen molar-refractivity contribution in [3.63, 3.8) is 0 Å². The molecule has 24 heavy (non-hydrogen) atoms. The largest absolute Gasteiger partial charge is 0.475 e. The van der Waals surface area contributed by atoms with Gasteiger partial charge in [-0.25, -0.2) is 0 Å². The number of aromatic nitrogens is 2. The highest BCUT2D eigenvalue weighted by atomic mass is 31.2. The zero-order valence-electron chi connectivity index (χ0n) is 14.8. The van der Waals surface area contributed by atoms with E-state index in [1.807, 2.05) is 0 Å². The fraction of sp³-hybridized carbons (Fsp3) is 0.714. The van der Waals surface area contributed by atoms with Gasteiger partial charge in [0.1, 0.15) is 18.8 Å². The minimum atomic E-state index is -3.34. The SMILES string of the molecule is CC(C)OP(=O)(CO[C@H](C)COc1cc(N)nc(N)n1)OC(C)C. The summed E-state index contributed by atoms with van der Waals surface area (Å²) in [6.45, 7) is 9.07. The summed E-state index contributed by atoms with van der Waals surface area (Å²) >= 11 is 0. The molecule has 0 unspecified atom stereocenters. The van der Waals surface area contributed by atoms with Gasteiger partial charge in [-0.15, -0.1) is 0 Å². The molecule has 1 aromatic heterocycles. The smallest absolute Gasteiger partial charge is 0.356 e. The van der Waals surface area contributed by atoms with Gasteiger partial charge in [0.15, 0.2) is 0 Å². The standard InChI is InChI=1S/C14H27N4O5P/c1-9(2)22-24(19,23-10(3)4)8-21-11(5)7-20-13-6-12(15)17-14(16)18-13/h6,9-11H,7-8H2,1-5H3,(H4,15,16,17,18)/t11-/m1/s1. The van der Waals surface area contributed by atoms with E-state index < -0.39 is 7.60 Å². The highest BCUT2D eigenvalue weighted by Gasteiger charge is 2.29. The summed E-state index contributed by atoms with van der Waals surface area (Å²) in [6.07, 6.45) is -1.02. The molecule has 0 saturated carbocycles. The first-order chi connectivity index (χ1) is 11.1. The number of nitrogen functional groups attached to an aromatic ring is 2. The molecule has 0 aliphatic carbocycles. The van der Waals surface area contributed by atoms with Gasteiger partial charge in [-0.1, -0.05) is 0 Å². The summed E-state index contributed by atoms with van der Waals surface area (Å²) in [5.74, 6) is 0.487. The van der Waals surface area contributed by atoms with Crippen LogP contribution in [-0.4, -0.2) is 41.2 Å². The number of ether oxygens (including phenoxy) is 2. The van der Waals surface area contributed by atoms with Gasteiger partial charge in [0.25, 0.3) is 0 Å². The Hall–Kier alpha value is -1.41. The van der Waals surface area contributed by atoms with Crippen molar-refractivity contribution in [2.45, 2.75) is 52.9 Å². The molecule has 1 rings (SSSR count). The van der Waals surface area contributed by atoms with E-state index in [1.165, 1.54) is 6.07 Å². The van der Waals surface area contributed by atoms with Gasteiger partial charge in [0.2, 0.25) is 11.8 Å². The number of nitrogens with zero attached hydrogens (tertiary/aromatic N) is 2. The maximum absolute atomic E-state index is 12.6. The molecule has 1 atom stereocenters. The van der Waals surface area contributed by atoms with Crippen LogP contribution in [0.15, 0.2) is 6.07 Å². The molecule has 0 aliphatic heterocycles. The second-order valence-electron chi connectivity index (χ2n) is 5.83. The van der Waals surface area contributed by atoms with Gasteiger partial charge in [0, 0.05) is 6.07 Å². The molecule has 0 saturated heterocycles. The Morgan fingerprint density at radius 3 is 2.17 bits per heavy atom. The zero-order chi connectivity index (χ0) is 18.3. The van der Waals surface area contributed by atoms with Gasteiger partial charge in [-0.2, -0.15) is 9.97 Å². The molecule has 0 aliphatic rings. The average Bonchev–Trinajstić information content (AvgIpc) is 2.40. The normalized spacial score (nSPS) is 13.5. The molecule has 0 amide bonds. The predicted octanol–water partition coefficient (Wildman–Crippen LogP) is 2.43. The van der Waals surface area contributed by atoms with Crippen molar-refractivity contribution in [1.82, 2.24) is 9.97 Å². The lowest BCUT2D eigenvalue weighted by Crippen LogP contribution is -2.21. The monoisotopic (exact) mass is 362 g/mol. The summed E-state index contributed by atoms with van der Waals surface area (Å²) in [7, 11) is -3.34. The first kappa shape index (κ1) is 20.6. The summed E-state index contributed by atoms with van der Waals surface area (Å²) in [5.41, 5.74) is 11.1. The minimum Gasteiger partial charge on any atom is -0.475 e. The topological polar surface area (TPSA) is 132 Å². The van der Waals surface area contributed by atoms with E-state index in [2.05, 4.69) is 9.97 Å². The lowest BCUT2D eigenvalue weighted by Gasteiger charge is -2.24. The molecule has 1 aromatic rings. The Morgan fingerprint density at radius 2 is 1.67 bits per heavy atom. The van der Waals surface area contributed by atoms with Crippen LogP contribution in [0.4, 0.5) is 11.8 Å². The Kier molecular flexibility index (Phi) is 7.89. The Balaban J connectivity index is 2.53. The molecule has 9 nitrogen and oxygen atoms in total. The summed E-state index contributed by atoms with van der Waals surface area (Å²) in [4.78, 5) is 7.65. The second-order valence-corrected chi connectivity index (χ2v) is 7.73. The van der Waals surface area contributed by atoms with Crippen molar-refractivity contribution in [3.05, 3.63) is 6.07 Å². The highest BCUT2D eigenvalue weighted by Crippen LogP contribution is 2.50. The van der Waals surface area contributed by atoms with Crippen molar-refractivity contribution < 1.29 is 23.1 Å². The molecule has 138 valence electrons. The van der Waals surface area contributed by atoms with Crippen LogP contribution in [0.5, 0.6) is 5.88 Å². The third-order valence-corrected chi connectivity index (χ3v) is 4.42. The van der Waals surface area contributed by atoms with Crippen LogP contribution >= 0.6 is 7.60 Å². The third-order valence-electron chi connectivity index (χ3n) is 2.47. The van der Waals surface area contributed by atoms with Crippen molar-refractivity contribution in [2.75, 3.05) is 24.4 Å². The number of hydrogen-bond donors (Lipinski definition) is 2. The first-order valence-electron chi connectivity index (χ1n) is 7.70. The van der Waals surface area contributed by atoms with E-state index in [9.17, 15) is 4.57 Å². The third kappa shape index (κ3) is 7.92. The predicted molar refractivity (Wildman–Crippen MR) is 91.8 cm³/mol. The van der Waals surface area contributed by atoms with Crippen LogP contribution in [0.1, 0.15) is 34.6 Å². The molecule has 4 N–H and O–H groups in total. The lowest BCUT2D eigenvalue weighted by molar-refractivity contribution is 0.0358. The van der Waals surface area contributed by atoms with Gasteiger partial charge in [-0.05, 0) is 34.6 Å². The van der Waals surface area contributed by atoms with Gasteiger partial charge < -0.3 is 30.0 Å². The molecule has 0 bridgehead atoms. The van der Waals surface area contributed by atoms with Crippen LogP contribution in [0.2, 0.25) is 0 Å². The molecule has 0 spiro atoms. The Morgan fingerprint density at radius 1 is 1.08 bits per heavy atom. The fourth-order valence-corrected chi connectivity index (χ4v) is 3.63. The maximum Gasteiger partial charge on any atom is 0.356 e. The molecule has 0 aromatic carbocycles. The fourth-order valence-electron chi connectivity index (χ4n) is 1.73. The van der Waals surface area contributed by atoms with Gasteiger partial charge >= 0.3 is 7.60 Å². The summed E-state index contributed by atoms with van der Waals surface area (Å²) in [5, 5.41) is 0. The molecule has 1 heterocycles. The van der Waals surface area contributed by atoms with Gasteiger partial charge in [0.05, 0.1) is 18.3 Å². The van der Waals surface area contributed by atoms with E-state index in [4.69, 9.17) is 30.0 Å². The molecule has 0 fully saturated rings. The van der Waals surface area contributed by atoms with Crippen LogP contribution in [0.25, 0.3) is 0 Å². The zero-order valence-corrected chi connectivity index (χ0v) is 15.7. The number of hydrogen-bond acceptors (Lipinski definition) is 9. The second kappa shape index (κ2) is 9.17. The quantitative estimate of drug-likeness (QED) is 0.602. The van der Waals surface area contributed by atoms with Crippen LogP contribution < -0.4 is 16.2 Å². The van der Waals surface area contributed by atoms with Crippen molar-refractivity contribution >= 4 is 19.4 Å². The summed E-state index contributed by atoms with van der Waals surface area (Å²) in [6, 6.07) is 1.46. The van der Waals surface area contributed by atoms with Crippen molar-refractivity contribution in [1.29, 1.82) is 0 Å². The minimum absolute atomic E-state index is 0.0266. The van der Waals surface area contributed by atoms with E-state index in [1.54, 1.807) is 34.6 Å². The van der Waals surface area contributed by atoms with Crippen molar-refractivity contribution in [2.24, 2.45) is 0 Å². The van der Waals surface area contributed by atoms with Crippen LogP contribution in [0, 0.1) is 0 Å². The molecule has 10 heteroatoms. The number of nitrogens with two attached hydrogens (primary N) is 2. The maximum atomic E-state index is 12.6. The number of anilines is 2. The highest BCUT2D eigenvalue weighted by molar-refractivity contribution is 7.53. The van der Waals surface area contributed by atoms with E-state index in [0.29, 0.717) is 0 Å². The van der Waals surface area contributed by atoms with E-state index >= 15 is 0 Å². The van der Waals surface area contributed by atoms with Crippen molar-refractivity contribution in [3.8, 4) is 5.88 Å². The summed E-state index contributed by atoms with van der Waals surface area (Å²) < 4.78 is 34.4. The number of rotatable bonds is 10. The van der Waals surface area contributed by atoms with E-state index in [0.717, 1.165) is 0 Å². The Bertz CT molecular complexity index is 536. The van der Waals surface area contributed by atoms with E-state index in [-0.39, 0.29) is 48.9 Å². The van der Waals surface area contributed by atoms with Crippen LogP contribution in [0.3, 0.4) is 0 Å². The Labute approximate surface area is 142 Å². The molecular weight excluding hydrogens is 335 g/mol. The average molecular weight is 362 g/mol. The van der Waals surface area contributed by atoms with Crippen LogP contribution in [-0.2, 0) is 18.3 Å². The lowest BCUT2D eigenvalue weighted by atomic mass is 10.4. The first-order valence-corrected chi connectivity index (χ1v) is 9.42. The van der Waals surface area contributed by atoms with Gasteiger partial charge in [-0.3, -0.25) is 4.57 Å². The molecule has 0 radical (unpaired) electrons. The molecular formula is C14H27N4O5P.